The third-order valence-corrected chi connectivity index (χ3v) is 3.49. The molecule has 0 aromatic heterocycles. The topological polar surface area (TPSA) is 61.9 Å². The molecule has 6 nitrogen and oxygen atoms in total. The highest BCUT2D eigenvalue weighted by molar-refractivity contribution is 5.76. The summed E-state index contributed by atoms with van der Waals surface area (Å²) in [6.07, 6.45) is 1.21. The van der Waals surface area contributed by atoms with Gasteiger partial charge in [-0.05, 0) is 32.7 Å². The molecule has 0 spiro atoms. The van der Waals surface area contributed by atoms with Crippen molar-refractivity contribution in [1.29, 1.82) is 0 Å². The van der Waals surface area contributed by atoms with Gasteiger partial charge in [0.15, 0.2) is 0 Å². The zero-order chi connectivity index (χ0) is 16.5. The maximum absolute atomic E-state index is 12.0. The highest BCUT2D eigenvalue weighted by atomic mass is 16.6. The van der Waals surface area contributed by atoms with E-state index >= 15 is 0 Å². The van der Waals surface area contributed by atoms with Gasteiger partial charge in [0, 0.05) is 38.6 Å². The van der Waals surface area contributed by atoms with Crippen molar-refractivity contribution in [3.8, 4) is 0 Å². The van der Waals surface area contributed by atoms with E-state index < -0.39 is 0 Å². The summed E-state index contributed by atoms with van der Waals surface area (Å²) in [7, 11) is 0. The first-order chi connectivity index (χ1) is 10.4. The molecule has 128 valence electrons. The summed E-state index contributed by atoms with van der Waals surface area (Å²) < 4.78 is 5.28. The van der Waals surface area contributed by atoms with Crippen molar-refractivity contribution < 1.29 is 14.3 Å². The van der Waals surface area contributed by atoms with Crippen LogP contribution in [0.2, 0.25) is 0 Å². The van der Waals surface area contributed by atoms with Gasteiger partial charge in [-0.3, -0.25) is 4.79 Å². The summed E-state index contributed by atoms with van der Waals surface area (Å²) in [5.74, 6) is 0.444. The minimum atomic E-state index is -0.215. The van der Waals surface area contributed by atoms with Crippen LogP contribution < -0.4 is 5.32 Å². The Balaban J connectivity index is 2.30. The van der Waals surface area contributed by atoms with Crippen LogP contribution in [0.5, 0.6) is 0 Å². The van der Waals surface area contributed by atoms with Crippen molar-refractivity contribution in [2.45, 2.75) is 46.6 Å². The van der Waals surface area contributed by atoms with E-state index in [9.17, 15) is 9.59 Å². The number of ether oxygens (including phenoxy) is 1. The van der Waals surface area contributed by atoms with Gasteiger partial charge in [0.25, 0.3) is 0 Å². The first-order valence-corrected chi connectivity index (χ1v) is 8.32. The van der Waals surface area contributed by atoms with Gasteiger partial charge < -0.3 is 19.9 Å². The lowest BCUT2D eigenvalue weighted by molar-refractivity contribution is -0.121. The van der Waals surface area contributed by atoms with Crippen LogP contribution in [-0.4, -0.2) is 67.2 Å². The first-order valence-electron chi connectivity index (χ1n) is 8.32. The van der Waals surface area contributed by atoms with E-state index in [1.165, 1.54) is 0 Å². The van der Waals surface area contributed by atoms with E-state index in [-0.39, 0.29) is 18.0 Å². The van der Waals surface area contributed by atoms with Crippen LogP contribution in [0, 0.1) is 5.92 Å². The number of nitrogens with one attached hydrogen (secondary N) is 1. The monoisotopic (exact) mass is 313 g/mol. The second kappa shape index (κ2) is 9.66. The van der Waals surface area contributed by atoms with Crippen LogP contribution in [0.25, 0.3) is 0 Å². The van der Waals surface area contributed by atoms with Crippen LogP contribution in [0.3, 0.4) is 0 Å². The molecule has 2 amide bonds. The number of carbonyl (C=O) groups excluding carboxylic acids is 2. The standard InChI is InChI=1S/C16H31N3O3/c1-13(2)12-22-16(21)19-8-5-7-18(10-11-19)9-6-15(20)17-14(3)4/h13-14H,5-12H2,1-4H3,(H,17,20). The van der Waals surface area contributed by atoms with Crippen LogP contribution in [0.15, 0.2) is 0 Å². The molecular formula is C16H31N3O3. The molecule has 0 bridgehead atoms. The molecule has 1 heterocycles. The molecule has 0 aromatic rings. The van der Waals surface area contributed by atoms with E-state index in [0.29, 0.717) is 25.5 Å². The Kier molecular flexibility index (Phi) is 8.24. The fraction of sp³-hybridized carbons (Fsp3) is 0.875. The van der Waals surface area contributed by atoms with Gasteiger partial charge in [-0.15, -0.1) is 0 Å². The Hall–Kier alpha value is -1.30. The molecule has 1 saturated heterocycles. The Morgan fingerprint density at radius 3 is 2.45 bits per heavy atom. The second-order valence-corrected chi connectivity index (χ2v) is 6.63. The fourth-order valence-electron chi connectivity index (χ4n) is 2.36. The smallest absolute Gasteiger partial charge is 0.409 e. The predicted molar refractivity (Wildman–Crippen MR) is 86.7 cm³/mol. The molecule has 1 aliphatic rings. The lowest BCUT2D eigenvalue weighted by atomic mass is 10.2. The number of hydrogen-bond acceptors (Lipinski definition) is 4. The van der Waals surface area contributed by atoms with Crippen molar-refractivity contribution in [3.63, 3.8) is 0 Å². The summed E-state index contributed by atoms with van der Waals surface area (Å²) in [6.45, 7) is 12.3. The maximum Gasteiger partial charge on any atom is 0.409 e. The minimum absolute atomic E-state index is 0.0902. The highest BCUT2D eigenvalue weighted by Crippen LogP contribution is 2.06. The molecule has 1 N–H and O–H groups in total. The average molecular weight is 313 g/mol. The molecule has 1 rings (SSSR count). The molecule has 22 heavy (non-hydrogen) atoms. The third-order valence-electron chi connectivity index (χ3n) is 3.49. The van der Waals surface area contributed by atoms with Gasteiger partial charge in [-0.25, -0.2) is 4.79 Å². The van der Waals surface area contributed by atoms with Crippen molar-refractivity contribution >= 4 is 12.0 Å². The summed E-state index contributed by atoms with van der Waals surface area (Å²) in [4.78, 5) is 27.7. The van der Waals surface area contributed by atoms with Gasteiger partial charge in [0.2, 0.25) is 5.91 Å². The van der Waals surface area contributed by atoms with E-state index in [2.05, 4.69) is 10.2 Å². The van der Waals surface area contributed by atoms with Crippen LogP contribution >= 0.6 is 0 Å². The number of amides is 2. The number of nitrogens with zero attached hydrogens (tertiary/aromatic N) is 2. The average Bonchev–Trinajstić information content (AvgIpc) is 2.67. The van der Waals surface area contributed by atoms with Crippen molar-refractivity contribution in [2.75, 3.05) is 39.3 Å². The minimum Gasteiger partial charge on any atom is -0.449 e. The lowest BCUT2D eigenvalue weighted by Gasteiger charge is -2.22. The molecule has 0 radical (unpaired) electrons. The normalized spacial score (nSPS) is 16.7. The quantitative estimate of drug-likeness (QED) is 0.811. The van der Waals surface area contributed by atoms with E-state index in [4.69, 9.17) is 4.74 Å². The number of hydrogen-bond donors (Lipinski definition) is 1. The highest BCUT2D eigenvalue weighted by Gasteiger charge is 2.20. The Morgan fingerprint density at radius 2 is 1.82 bits per heavy atom. The Bertz CT molecular complexity index is 359. The van der Waals surface area contributed by atoms with Crippen LogP contribution in [0.4, 0.5) is 4.79 Å². The van der Waals surface area contributed by atoms with E-state index in [0.717, 1.165) is 32.6 Å². The number of carbonyl (C=O) groups is 2. The van der Waals surface area contributed by atoms with Gasteiger partial charge in [-0.1, -0.05) is 13.8 Å². The van der Waals surface area contributed by atoms with E-state index in [1.807, 2.05) is 27.7 Å². The van der Waals surface area contributed by atoms with Crippen molar-refractivity contribution in [2.24, 2.45) is 5.92 Å². The Morgan fingerprint density at radius 1 is 1.09 bits per heavy atom. The molecule has 0 unspecified atom stereocenters. The Labute approximate surface area is 134 Å². The number of rotatable bonds is 6. The zero-order valence-electron chi connectivity index (χ0n) is 14.4. The van der Waals surface area contributed by atoms with E-state index in [1.54, 1.807) is 4.90 Å². The fourth-order valence-corrected chi connectivity index (χ4v) is 2.36. The van der Waals surface area contributed by atoms with Gasteiger partial charge in [-0.2, -0.15) is 0 Å². The first kappa shape index (κ1) is 18.7. The molecule has 0 atom stereocenters. The third kappa shape index (κ3) is 7.64. The lowest BCUT2D eigenvalue weighted by Crippen LogP contribution is -2.37. The molecule has 0 aliphatic carbocycles. The van der Waals surface area contributed by atoms with Gasteiger partial charge in [0.1, 0.15) is 0 Å². The van der Waals surface area contributed by atoms with Crippen molar-refractivity contribution in [1.82, 2.24) is 15.1 Å². The van der Waals surface area contributed by atoms with Gasteiger partial charge >= 0.3 is 6.09 Å². The second-order valence-electron chi connectivity index (χ2n) is 6.63. The maximum atomic E-state index is 12.0. The SMILES string of the molecule is CC(C)COC(=O)N1CCCN(CCC(=O)NC(C)C)CC1. The molecular weight excluding hydrogens is 282 g/mol. The largest absolute Gasteiger partial charge is 0.449 e. The van der Waals surface area contributed by atoms with Crippen LogP contribution in [-0.2, 0) is 9.53 Å². The predicted octanol–water partition coefficient (Wildman–Crippen LogP) is 1.70. The van der Waals surface area contributed by atoms with Crippen LogP contribution in [0.1, 0.15) is 40.5 Å². The molecule has 0 saturated carbocycles. The molecule has 1 aliphatic heterocycles. The summed E-state index contributed by atoms with van der Waals surface area (Å²) in [5.41, 5.74) is 0. The summed E-state index contributed by atoms with van der Waals surface area (Å²) in [6, 6.07) is 0.183. The molecule has 1 fully saturated rings. The van der Waals surface area contributed by atoms with Gasteiger partial charge in [0.05, 0.1) is 6.61 Å². The molecule has 6 heteroatoms. The molecule has 0 aromatic carbocycles. The van der Waals surface area contributed by atoms with Crippen molar-refractivity contribution in [3.05, 3.63) is 0 Å². The zero-order valence-corrected chi connectivity index (χ0v) is 14.4. The summed E-state index contributed by atoms with van der Waals surface area (Å²) in [5, 5.41) is 2.90. The summed E-state index contributed by atoms with van der Waals surface area (Å²) >= 11 is 0.